The number of likely N-dealkylation sites (tertiary alicyclic amines) is 1. The molecule has 0 saturated carbocycles. The second-order valence-corrected chi connectivity index (χ2v) is 8.21. The Hall–Kier alpha value is -2.77. The van der Waals surface area contributed by atoms with E-state index in [1.807, 2.05) is 47.1 Å². The van der Waals surface area contributed by atoms with Crippen molar-refractivity contribution in [3.05, 3.63) is 64.9 Å². The number of ether oxygens (including phenoxy) is 1. The van der Waals surface area contributed by atoms with Crippen LogP contribution in [0.25, 0.3) is 11.4 Å². The van der Waals surface area contributed by atoms with Crippen LogP contribution in [0.2, 0.25) is 0 Å². The molecule has 7 heteroatoms. The molecule has 3 aromatic rings. The summed E-state index contributed by atoms with van der Waals surface area (Å²) in [5.74, 6) is 1.95. The second-order valence-electron chi connectivity index (χ2n) is 7.84. The zero-order valence-electron chi connectivity index (χ0n) is 18.0. The summed E-state index contributed by atoms with van der Waals surface area (Å²) >= 11 is 5.70. The van der Waals surface area contributed by atoms with Gasteiger partial charge in [0, 0.05) is 36.7 Å². The van der Waals surface area contributed by atoms with Gasteiger partial charge in [-0.25, -0.2) is 4.68 Å². The van der Waals surface area contributed by atoms with Crippen molar-refractivity contribution in [1.82, 2.24) is 19.2 Å². The van der Waals surface area contributed by atoms with Gasteiger partial charge in [0.2, 0.25) is 0 Å². The van der Waals surface area contributed by atoms with Crippen molar-refractivity contribution < 1.29 is 9.53 Å². The number of carbonyl (C=O) groups is 1. The lowest BCUT2D eigenvalue weighted by atomic mass is 9.89. The lowest BCUT2D eigenvalue weighted by molar-refractivity contribution is 0.0803. The first-order valence-corrected chi connectivity index (χ1v) is 11.1. The van der Waals surface area contributed by atoms with Crippen LogP contribution in [0.3, 0.4) is 0 Å². The minimum absolute atomic E-state index is 0.0608. The molecule has 31 heavy (non-hydrogen) atoms. The number of nitrogens with zero attached hydrogens (tertiary/aromatic N) is 4. The van der Waals surface area contributed by atoms with Crippen molar-refractivity contribution >= 4 is 18.0 Å². The molecular weight excluding hydrogens is 408 g/mol. The van der Waals surface area contributed by atoms with Crippen LogP contribution in [0.5, 0.6) is 5.75 Å². The molecule has 1 saturated heterocycles. The monoisotopic (exact) mass is 436 g/mol. The Morgan fingerprint density at radius 1 is 1.10 bits per heavy atom. The molecule has 162 valence electrons. The quantitative estimate of drug-likeness (QED) is 0.398. The molecule has 0 radical (unpaired) electrons. The first-order chi connectivity index (χ1) is 15.1. The highest BCUT2D eigenvalue weighted by Gasteiger charge is 2.26. The van der Waals surface area contributed by atoms with Gasteiger partial charge in [-0.15, -0.1) is 0 Å². The lowest BCUT2D eigenvalue weighted by Gasteiger charge is -2.30. The normalized spacial score (nSPS) is 15.2. The second kappa shape index (κ2) is 9.58. The Kier molecular flexibility index (Phi) is 6.63. The van der Waals surface area contributed by atoms with Gasteiger partial charge in [0.1, 0.15) is 5.75 Å². The van der Waals surface area contributed by atoms with Gasteiger partial charge in [0.05, 0.1) is 13.8 Å². The Bertz CT molecular complexity index is 1080. The van der Waals surface area contributed by atoms with Gasteiger partial charge in [-0.05, 0) is 56.2 Å². The van der Waals surface area contributed by atoms with E-state index in [2.05, 4.69) is 28.5 Å². The number of aromatic nitrogens is 3. The SMILES string of the molecule is CCn1c(-c2ccccc2)nn(CN2CCC(C(=O)c3ccc(OC)cc3)CC2)c1=S. The Morgan fingerprint density at radius 3 is 2.39 bits per heavy atom. The zero-order chi connectivity index (χ0) is 21.8. The van der Waals surface area contributed by atoms with Crippen LogP contribution in [-0.4, -0.2) is 45.2 Å². The summed E-state index contributed by atoms with van der Waals surface area (Å²) in [6, 6.07) is 17.6. The molecule has 1 aliphatic rings. The number of piperidine rings is 1. The maximum atomic E-state index is 12.9. The minimum Gasteiger partial charge on any atom is -0.497 e. The van der Waals surface area contributed by atoms with Crippen molar-refractivity contribution in [2.75, 3.05) is 20.2 Å². The van der Waals surface area contributed by atoms with E-state index in [1.54, 1.807) is 7.11 Å². The topological polar surface area (TPSA) is 52.3 Å². The summed E-state index contributed by atoms with van der Waals surface area (Å²) < 4.78 is 9.90. The van der Waals surface area contributed by atoms with Gasteiger partial charge < -0.3 is 9.30 Å². The highest BCUT2D eigenvalue weighted by atomic mass is 32.1. The molecule has 1 aromatic heterocycles. The first-order valence-electron chi connectivity index (χ1n) is 10.7. The van der Waals surface area contributed by atoms with E-state index >= 15 is 0 Å². The van der Waals surface area contributed by atoms with Crippen LogP contribution in [0.1, 0.15) is 30.1 Å². The smallest absolute Gasteiger partial charge is 0.199 e. The predicted octanol–water partition coefficient (Wildman–Crippen LogP) is 4.66. The third kappa shape index (κ3) is 4.62. The molecule has 0 amide bonds. The van der Waals surface area contributed by atoms with Gasteiger partial charge in [0.15, 0.2) is 16.4 Å². The summed E-state index contributed by atoms with van der Waals surface area (Å²) in [5.41, 5.74) is 1.83. The predicted molar refractivity (Wildman–Crippen MR) is 124 cm³/mol. The molecule has 0 N–H and O–H groups in total. The van der Waals surface area contributed by atoms with Crippen molar-refractivity contribution in [3.8, 4) is 17.1 Å². The number of methoxy groups -OCH3 is 1. The van der Waals surface area contributed by atoms with Crippen molar-refractivity contribution in [2.24, 2.45) is 5.92 Å². The molecule has 1 aliphatic heterocycles. The third-order valence-corrected chi connectivity index (χ3v) is 6.37. The third-order valence-electron chi connectivity index (χ3n) is 5.94. The molecule has 4 rings (SSSR count). The molecule has 1 fully saturated rings. The molecule has 2 heterocycles. The number of carbonyl (C=O) groups excluding carboxylic acids is 1. The van der Waals surface area contributed by atoms with Gasteiger partial charge in [0.25, 0.3) is 0 Å². The van der Waals surface area contributed by atoms with E-state index in [4.69, 9.17) is 22.1 Å². The van der Waals surface area contributed by atoms with E-state index in [1.165, 1.54) is 0 Å². The zero-order valence-corrected chi connectivity index (χ0v) is 18.8. The average Bonchev–Trinajstić information content (AvgIpc) is 3.14. The molecule has 0 unspecified atom stereocenters. The Morgan fingerprint density at radius 2 is 1.77 bits per heavy atom. The highest BCUT2D eigenvalue weighted by Crippen LogP contribution is 2.24. The van der Waals surface area contributed by atoms with Gasteiger partial charge in [-0.1, -0.05) is 30.3 Å². The number of ketones is 1. The van der Waals surface area contributed by atoms with E-state index in [-0.39, 0.29) is 11.7 Å². The van der Waals surface area contributed by atoms with Crippen LogP contribution in [0.15, 0.2) is 54.6 Å². The van der Waals surface area contributed by atoms with Crippen molar-refractivity contribution in [3.63, 3.8) is 0 Å². The highest BCUT2D eigenvalue weighted by molar-refractivity contribution is 7.71. The standard InChI is InChI=1S/C24H28N4O2S/c1-3-27-23(20-7-5-4-6-8-20)25-28(24(27)31)17-26-15-13-19(14-16-26)22(29)18-9-11-21(30-2)12-10-18/h4-12,19H,3,13-17H2,1-2H3. The van der Waals surface area contributed by atoms with Crippen LogP contribution < -0.4 is 4.74 Å². The van der Waals surface area contributed by atoms with Crippen LogP contribution in [0.4, 0.5) is 0 Å². The van der Waals surface area contributed by atoms with Crippen LogP contribution >= 0.6 is 12.2 Å². The number of hydrogen-bond donors (Lipinski definition) is 0. The Balaban J connectivity index is 1.41. The number of rotatable bonds is 7. The number of hydrogen-bond acceptors (Lipinski definition) is 5. The largest absolute Gasteiger partial charge is 0.497 e. The first kappa shape index (κ1) is 21.5. The summed E-state index contributed by atoms with van der Waals surface area (Å²) in [5, 5.41) is 4.82. The Labute approximate surface area is 188 Å². The summed E-state index contributed by atoms with van der Waals surface area (Å²) in [6.45, 7) is 5.23. The summed E-state index contributed by atoms with van der Waals surface area (Å²) in [6.07, 6.45) is 1.69. The fraction of sp³-hybridized carbons (Fsp3) is 0.375. The minimum atomic E-state index is 0.0608. The maximum Gasteiger partial charge on any atom is 0.199 e. The molecule has 0 aliphatic carbocycles. The molecule has 0 spiro atoms. The molecule has 6 nitrogen and oxygen atoms in total. The van der Waals surface area contributed by atoms with E-state index < -0.39 is 0 Å². The van der Waals surface area contributed by atoms with E-state index in [0.29, 0.717) is 6.67 Å². The van der Waals surface area contributed by atoms with Crippen molar-refractivity contribution in [2.45, 2.75) is 33.0 Å². The molecule has 2 aromatic carbocycles. The fourth-order valence-electron chi connectivity index (χ4n) is 4.14. The molecule has 0 bridgehead atoms. The van der Waals surface area contributed by atoms with E-state index in [9.17, 15) is 4.79 Å². The molecule has 0 atom stereocenters. The van der Waals surface area contributed by atoms with E-state index in [0.717, 1.165) is 59.9 Å². The summed E-state index contributed by atoms with van der Waals surface area (Å²) in [7, 11) is 1.63. The molecular formula is C24H28N4O2S. The maximum absolute atomic E-state index is 12.9. The summed E-state index contributed by atoms with van der Waals surface area (Å²) in [4.78, 5) is 15.2. The van der Waals surface area contributed by atoms with Crippen molar-refractivity contribution in [1.29, 1.82) is 0 Å². The van der Waals surface area contributed by atoms with Gasteiger partial charge in [-0.3, -0.25) is 9.69 Å². The van der Waals surface area contributed by atoms with Crippen LogP contribution in [-0.2, 0) is 13.2 Å². The average molecular weight is 437 g/mol. The number of benzene rings is 2. The van der Waals surface area contributed by atoms with Gasteiger partial charge >= 0.3 is 0 Å². The number of Topliss-reactive ketones (excluding diaryl/α,β-unsaturated/α-hetero) is 1. The van der Waals surface area contributed by atoms with Crippen LogP contribution in [0, 0.1) is 10.7 Å². The fourth-order valence-corrected chi connectivity index (χ4v) is 4.45. The van der Waals surface area contributed by atoms with Gasteiger partial charge in [-0.2, -0.15) is 5.10 Å². The lowest BCUT2D eigenvalue weighted by Crippen LogP contribution is -2.37.